The van der Waals surface area contributed by atoms with Crippen LogP contribution >= 0.6 is 11.3 Å². The molecule has 140 valence electrons. The zero-order chi connectivity index (χ0) is 17.9. The van der Waals surface area contributed by atoms with E-state index in [0.717, 1.165) is 37.5 Å². The molecule has 0 saturated carbocycles. The summed E-state index contributed by atoms with van der Waals surface area (Å²) in [5.41, 5.74) is 1.65. The number of nitrogens with zero attached hydrogens (tertiary/aromatic N) is 5. The number of hydrogen-bond donors (Lipinski definition) is 1. The molecule has 26 heavy (non-hydrogen) atoms. The number of carbonyl (C=O) groups excluding carboxylic acids is 1. The molecule has 0 radical (unpaired) electrons. The van der Waals surface area contributed by atoms with Crippen LogP contribution in [0.5, 0.6) is 0 Å². The summed E-state index contributed by atoms with van der Waals surface area (Å²) in [6.07, 6.45) is 8.87. The summed E-state index contributed by atoms with van der Waals surface area (Å²) in [6.45, 7) is 3.46. The number of rotatable bonds is 5. The van der Waals surface area contributed by atoms with Crippen LogP contribution in [0.1, 0.15) is 51.8 Å². The third kappa shape index (κ3) is 3.96. The summed E-state index contributed by atoms with van der Waals surface area (Å²) in [5, 5.41) is 12.7. The number of hydrogen-bond acceptors (Lipinski definition) is 6. The highest BCUT2D eigenvalue weighted by Crippen LogP contribution is 2.27. The van der Waals surface area contributed by atoms with E-state index in [0.29, 0.717) is 18.2 Å². The minimum absolute atomic E-state index is 0.0915. The van der Waals surface area contributed by atoms with Crippen LogP contribution < -0.4 is 5.32 Å². The zero-order valence-electron chi connectivity index (χ0n) is 15.3. The molecule has 0 spiro atoms. The van der Waals surface area contributed by atoms with Crippen molar-refractivity contribution in [2.75, 3.05) is 20.1 Å². The maximum atomic E-state index is 12.7. The van der Waals surface area contributed by atoms with Gasteiger partial charge in [-0.1, -0.05) is 5.21 Å². The van der Waals surface area contributed by atoms with Gasteiger partial charge in [0.1, 0.15) is 5.01 Å². The predicted molar refractivity (Wildman–Crippen MR) is 100 cm³/mol. The number of aromatic nitrogens is 4. The maximum absolute atomic E-state index is 12.7. The third-order valence-corrected chi connectivity index (χ3v) is 6.35. The Balaban J connectivity index is 1.36. The van der Waals surface area contributed by atoms with Gasteiger partial charge in [-0.3, -0.25) is 9.48 Å². The van der Waals surface area contributed by atoms with E-state index < -0.39 is 0 Å². The lowest BCUT2D eigenvalue weighted by Crippen LogP contribution is -2.32. The lowest BCUT2D eigenvalue weighted by atomic mass is 10.00. The van der Waals surface area contributed by atoms with Crippen LogP contribution in [-0.2, 0) is 25.9 Å². The molecule has 2 aliphatic rings. The largest absolute Gasteiger partial charge is 0.333 e. The van der Waals surface area contributed by atoms with Crippen molar-refractivity contribution >= 4 is 17.2 Å². The van der Waals surface area contributed by atoms with Crippen LogP contribution in [0.2, 0.25) is 0 Å². The first kappa shape index (κ1) is 17.6. The van der Waals surface area contributed by atoms with Gasteiger partial charge < -0.3 is 10.2 Å². The van der Waals surface area contributed by atoms with E-state index >= 15 is 0 Å². The topological polar surface area (TPSA) is 75.9 Å². The summed E-state index contributed by atoms with van der Waals surface area (Å²) in [4.78, 5) is 20.5. The molecule has 0 bridgehead atoms. The number of nitrogens with one attached hydrogen (secondary N) is 1. The highest BCUT2D eigenvalue weighted by molar-refractivity contribution is 7.11. The number of thiazole rings is 1. The van der Waals surface area contributed by atoms with E-state index in [1.165, 1.54) is 36.3 Å². The average Bonchev–Trinajstić information content (AvgIpc) is 3.28. The third-order valence-electron chi connectivity index (χ3n) is 5.21. The molecule has 2 aromatic rings. The van der Waals surface area contributed by atoms with Crippen LogP contribution in [0.4, 0.5) is 0 Å². The Morgan fingerprint density at radius 2 is 2.27 bits per heavy atom. The molecule has 0 aromatic carbocycles. The lowest BCUT2D eigenvalue weighted by molar-refractivity contribution is 0.0779. The van der Waals surface area contributed by atoms with Crippen molar-refractivity contribution in [3.05, 3.63) is 27.5 Å². The molecule has 1 aliphatic heterocycles. The first-order valence-corrected chi connectivity index (χ1v) is 10.3. The first-order chi connectivity index (χ1) is 12.7. The molecule has 1 amide bonds. The van der Waals surface area contributed by atoms with E-state index in [2.05, 4.69) is 15.6 Å². The van der Waals surface area contributed by atoms with Gasteiger partial charge in [-0.25, -0.2) is 4.98 Å². The van der Waals surface area contributed by atoms with Crippen LogP contribution in [0.3, 0.4) is 0 Å². The molecule has 2 aromatic heterocycles. The Hall–Kier alpha value is -1.80. The Morgan fingerprint density at radius 3 is 3.08 bits per heavy atom. The average molecular weight is 375 g/mol. The van der Waals surface area contributed by atoms with Crippen molar-refractivity contribution in [3.63, 3.8) is 0 Å². The molecule has 1 atom stereocenters. The van der Waals surface area contributed by atoms with E-state index in [1.807, 2.05) is 7.05 Å². The van der Waals surface area contributed by atoms with Gasteiger partial charge in [0.25, 0.3) is 5.91 Å². The fraction of sp³-hybridized carbons (Fsp3) is 0.667. The van der Waals surface area contributed by atoms with Gasteiger partial charge in [0.05, 0.1) is 18.4 Å². The molecule has 1 N–H and O–H groups in total. The van der Waals surface area contributed by atoms with Crippen LogP contribution in [0.25, 0.3) is 0 Å². The Kier molecular flexibility index (Phi) is 5.31. The molecular formula is C18H26N6OS. The molecule has 4 rings (SSSR count). The van der Waals surface area contributed by atoms with Gasteiger partial charge in [-0.05, 0) is 57.5 Å². The van der Waals surface area contributed by atoms with Gasteiger partial charge in [0, 0.05) is 18.5 Å². The molecule has 7 nitrogen and oxygen atoms in total. The fourth-order valence-electron chi connectivity index (χ4n) is 3.77. The number of aryl methyl sites for hydroxylation is 2. The van der Waals surface area contributed by atoms with Gasteiger partial charge in [-0.2, -0.15) is 0 Å². The van der Waals surface area contributed by atoms with Gasteiger partial charge >= 0.3 is 0 Å². The SMILES string of the molecule is CN(Cc1nc2c(s1)CCCC2)C(=O)c1cn(C[C@@H]2CCCNC2)nn1. The van der Waals surface area contributed by atoms with Crippen molar-refractivity contribution in [2.24, 2.45) is 5.92 Å². The minimum Gasteiger partial charge on any atom is -0.333 e. The number of piperidine rings is 1. The fourth-order valence-corrected chi connectivity index (χ4v) is 4.98. The van der Waals surface area contributed by atoms with E-state index in [1.54, 1.807) is 27.1 Å². The van der Waals surface area contributed by atoms with Crippen molar-refractivity contribution < 1.29 is 4.79 Å². The second-order valence-electron chi connectivity index (χ2n) is 7.38. The molecular weight excluding hydrogens is 348 g/mol. The number of fused-ring (bicyclic) bond motifs is 1. The van der Waals surface area contributed by atoms with Crippen LogP contribution in [0.15, 0.2) is 6.20 Å². The Labute approximate surface area is 157 Å². The van der Waals surface area contributed by atoms with Gasteiger partial charge in [0.2, 0.25) is 0 Å². The minimum atomic E-state index is -0.0915. The lowest BCUT2D eigenvalue weighted by Gasteiger charge is -2.22. The Bertz CT molecular complexity index is 740. The molecule has 0 unspecified atom stereocenters. The summed E-state index contributed by atoms with van der Waals surface area (Å²) in [5.74, 6) is 0.471. The number of amides is 1. The Morgan fingerprint density at radius 1 is 1.38 bits per heavy atom. The van der Waals surface area contributed by atoms with Crippen molar-refractivity contribution in [1.29, 1.82) is 0 Å². The van der Waals surface area contributed by atoms with Crippen molar-refractivity contribution in [3.8, 4) is 0 Å². The van der Waals surface area contributed by atoms with E-state index in [9.17, 15) is 4.79 Å². The first-order valence-electron chi connectivity index (χ1n) is 9.53. The smallest absolute Gasteiger partial charge is 0.276 e. The second kappa shape index (κ2) is 7.84. The summed E-state index contributed by atoms with van der Waals surface area (Å²) >= 11 is 1.75. The van der Waals surface area contributed by atoms with Crippen molar-refractivity contribution in [2.45, 2.75) is 51.6 Å². The predicted octanol–water partition coefficient (Wildman–Crippen LogP) is 1.89. The molecule has 1 aliphatic carbocycles. The highest BCUT2D eigenvalue weighted by atomic mass is 32.1. The number of carbonyl (C=O) groups is 1. The van der Waals surface area contributed by atoms with E-state index in [4.69, 9.17) is 4.98 Å². The maximum Gasteiger partial charge on any atom is 0.276 e. The van der Waals surface area contributed by atoms with Gasteiger partial charge in [0.15, 0.2) is 5.69 Å². The second-order valence-corrected chi connectivity index (χ2v) is 8.55. The van der Waals surface area contributed by atoms with Crippen LogP contribution in [0, 0.1) is 5.92 Å². The van der Waals surface area contributed by atoms with E-state index in [-0.39, 0.29) is 5.91 Å². The molecule has 8 heteroatoms. The summed E-state index contributed by atoms with van der Waals surface area (Å²) in [6, 6.07) is 0. The van der Waals surface area contributed by atoms with Gasteiger partial charge in [-0.15, -0.1) is 16.4 Å². The van der Waals surface area contributed by atoms with Crippen LogP contribution in [-0.4, -0.2) is 50.9 Å². The normalized spacial score (nSPS) is 20.0. The summed E-state index contributed by atoms with van der Waals surface area (Å²) in [7, 11) is 1.81. The summed E-state index contributed by atoms with van der Waals surface area (Å²) < 4.78 is 1.81. The molecule has 1 fully saturated rings. The van der Waals surface area contributed by atoms with Crippen molar-refractivity contribution in [1.82, 2.24) is 30.2 Å². The standard InChI is InChI=1S/C18H26N6OS/c1-23(12-17-20-14-6-2-3-7-16(14)26-17)18(25)15-11-24(22-21-15)10-13-5-4-8-19-9-13/h11,13,19H,2-10,12H2,1H3/t13-/m1/s1. The molecule has 1 saturated heterocycles. The quantitative estimate of drug-likeness (QED) is 0.865. The molecule has 3 heterocycles. The highest BCUT2D eigenvalue weighted by Gasteiger charge is 2.21. The monoisotopic (exact) mass is 374 g/mol. The zero-order valence-corrected chi connectivity index (χ0v) is 16.1.